The minimum absolute atomic E-state index is 0.0188. The average molecular weight is 306 g/mol. The summed E-state index contributed by atoms with van der Waals surface area (Å²) in [6.07, 6.45) is 1.91. The fourth-order valence-electron chi connectivity index (χ4n) is 2.07. The predicted molar refractivity (Wildman–Crippen MR) is 80.3 cm³/mol. The Kier molecular flexibility index (Phi) is 7.42. The molecule has 8 heteroatoms. The molecule has 0 saturated heterocycles. The Hall–Kier alpha value is -2.60. The van der Waals surface area contributed by atoms with Gasteiger partial charge in [-0.25, -0.2) is 0 Å². The summed E-state index contributed by atoms with van der Waals surface area (Å²) in [7, 11) is 0. The summed E-state index contributed by atoms with van der Waals surface area (Å²) < 4.78 is 5.06. The molecule has 0 aliphatic carbocycles. The zero-order valence-corrected chi connectivity index (χ0v) is 12.3. The molecule has 0 spiro atoms. The van der Waals surface area contributed by atoms with Crippen LogP contribution in [0, 0.1) is 10.1 Å². The lowest BCUT2D eigenvalue weighted by Crippen LogP contribution is -2.16. The lowest BCUT2D eigenvalue weighted by molar-refractivity contribution is -0.384. The maximum absolute atomic E-state index is 12.0. The van der Waals surface area contributed by atoms with Gasteiger partial charge in [-0.3, -0.25) is 14.9 Å². The van der Waals surface area contributed by atoms with Gasteiger partial charge in [0.2, 0.25) is 0 Å². The highest BCUT2D eigenvalue weighted by atomic mass is 16.6. The van der Waals surface area contributed by atoms with Gasteiger partial charge in [0.1, 0.15) is 0 Å². The van der Waals surface area contributed by atoms with Gasteiger partial charge in [0, 0.05) is 23.6 Å². The Morgan fingerprint density at radius 2 is 2.09 bits per heavy atom. The van der Waals surface area contributed by atoms with Gasteiger partial charge in [0.25, 0.3) is 5.69 Å². The van der Waals surface area contributed by atoms with Crippen molar-refractivity contribution in [3.63, 3.8) is 0 Å². The molecule has 1 unspecified atom stereocenters. The molecule has 0 bridgehead atoms. The van der Waals surface area contributed by atoms with Crippen molar-refractivity contribution in [1.82, 2.24) is 0 Å². The second-order valence-corrected chi connectivity index (χ2v) is 4.60. The minimum Gasteiger partial charge on any atom is -0.466 e. The van der Waals surface area contributed by atoms with Gasteiger partial charge in [0.15, 0.2) is 0 Å². The molecule has 0 aliphatic rings. The SMILES string of the molecule is CCOC(=O)C(CCCCN=[N+]=[N-])c1ccc([N+](=O)[O-])cc1. The molecule has 1 rings (SSSR count). The van der Waals surface area contributed by atoms with Crippen LogP contribution in [0.1, 0.15) is 37.7 Å². The van der Waals surface area contributed by atoms with Crippen LogP contribution in [-0.2, 0) is 9.53 Å². The van der Waals surface area contributed by atoms with Crippen molar-refractivity contribution < 1.29 is 14.5 Å². The van der Waals surface area contributed by atoms with E-state index < -0.39 is 10.8 Å². The Bertz CT molecular complexity index is 552. The third-order valence-electron chi connectivity index (χ3n) is 3.14. The van der Waals surface area contributed by atoms with Crippen molar-refractivity contribution in [3.05, 3.63) is 50.4 Å². The van der Waals surface area contributed by atoms with Gasteiger partial charge in [-0.15, -0.1) is 0 Å². The summed E-state index contributed by atoms with van der Waals surface area (Å²) in [4.78, 5) is 24.9. The van der Waals surface area contributed by atoms with Crippen molar-refractivity contribution in [2.24, 2.45) is 5.11 Å². The lowest BCUT2D eigenvalue weighted by Gasteiger charge is -2.15. The summed E-state index contributed by atoms with van der Waals surface area (Å²) in [6.45, 7) is 2.39. The molecule has 1 atom stereocenters. The molecule has 118 valence electrons. The zero-order chi connectivity index (χ0) is 16.4. The highest BCUT2D eigenvalue weighted by Crippen LogP contribution is 2.25. The van der Waals surface area contributed by atoms with Crippen molar-refractivity contribution in [2.75, 3.05) is 13.2 Å². The van der Waals surface area contributed by atoms with E-state index in [-0.39, 0.29) is 18.3 Å². The smallest absolute Gasteiger partial charge is 0.313 e. The monoisotopic (exact) mass is 306 g/mol. The van der Waals surface area contributed by atoms with Crippen LogP contribution in [0.3, 0.4) is 0 Å². The number of carbonyl (C=O) groups excluding carboxylic acids is 1. The van der Waals surface area contributed by atoms with Crippen LogP contribution >= 0.6 is 0 Å². The third-order valence-corrected chi connectivity index (χ3v) is 3.14. The molecule has 1 aromatic carbocycles. The quantitative estimate of drug-likeness (QED) is 0.131. The maximum atomic E-state index is 12.0. The van der Waals surface area contributed by atoms with E-state index in [0.29, 0.717) is 31.4 Å². The number of non-ortho nitro benzene ring substituents is 1. The number of carbonyl (C=O) groups is 1. The number of esters is 1. The molecule has 0 aromatic heterocycles. The standard InChI is InChI=1S/C14H18N4O4/c1-2-22-14(19)13(5-3-4-10-16-17-15)11-6-8-12(9-7-11)18(20)21/h6-9,13H,2-5,10H2,1H3. The number of ether oxygens (including phenoxy) is 1. The van der Waals surface area contributed by atoms with E-state index in [4.69, 9.17) is 10.3 Å². The van der Waals surface area contributed by atoms with E-state index in [1.807, 2.05) is 0 Å². The first-order valence-electron chi connectivity index (χ1n) is 7.02. The first kappa shape index (κ1) is 17.5. The molecule has 22 heavy (non-hydrogen) atoms. The maximum Gasteiger partial charge on any atom is 0.313 e. The van der Waals surface area contributed by atoms with Gasteiger partial charge in [0.05, 0.1) is 17.4 Å². The number of benzene rings is 1. The van der Waals surface area contributed by atoms with Crippen molar-refractivity contribution in [1.29, 1.82) is 0 Å². The molecule has 0 amide bonds. The van der Waals surface area contributed by atoms with E-state index in [2.05, 4.69) is 10.0 Å². The molecule has 0 fully saturated rings. The van der Waals surface area contributed by atoms with Gasteiger partial charge in [-0.05, 0) is 30.9 Å². The molecular formula is C14H18N4O4. The number of nitro groups is 1. The van der Waals surface area contributed by atoms with Crippen LogP contribution in [0.4, 0.5) is 5.69 Å². The second-order valence-electron chi connectivity index (χ2n) is 4.60. The first-order chi connectivity index (χ1) is 10.6. The van der Waals surface area contributed by atoms with Crippen molar-refractivity contribution in [2.45, 2.75) is 32.1 Å². The number of unbranched alkanes of at least 4 members (excludes halogenated alkanes) is 1. The van der Waals surface area contributed by atoms with Crippen LogP contribution in [0.5, 0.6) is 0 Å². The molecule has 0 radical (unpaired) electrons. The normalized spacial score (nSPS) is 11.3. The topological polar surface area (TPSA) is 118 Å². The van der Waals surface area contributed by atoms with Gasteiger partial charge >= 0.3 is 5.97 Å². The third kappa shape index (κ3) is 5.41. The Balaban J connectivity index is 2.77. The van der Waals surface area contributed by atoms with E-state index in [0.717, 1.165) is 0 Å². The number of hydrogen-bond acceptors (Lipinski definition) is 5. The largest absolute Gasteiger partial charge is 0.466 e. The molecule has 1 aromatic rings. The Labute approximate surface area is 127 Å². The van der Waals surface area contributed by atoms with Gasteiger partial charge < -0.3 is 4.74 Å². The lowest BCUT2D eigenvalue weighted by atomic mass is 9.93. The number of nitro benzene ring substituents is 1. The van der Waals surface area contributed by atoms with E-state index in [1.54, 1.807) is 19.1 Å². The fraction of sp³-hybridized carbons (Fsp3) is 0.500. The summed E-state index contributed by atoms with van der Waals surface area (Å²) in [6, 6.07) is 5.91. The molecular weight excluding hydrogens is 288 g/mol. The Morgan fingerprint density at radius 1 is 1.41 bits per heavy atom. The Morgan fingerprint density at radius 3 is 2.64 bits per heavy atom. The summed E-state index contributed by atoms with van der Waals surface area (Å²) in [5.41, 5.74) is 8.88. The molecule has 0 saturated carbocycles. The average Bonchev–Trinajstić information content (AvgIpc) is 2.51. The van der Waals surface area contributed by atoms with E-state index in [9.17, 15) is 14.9 Å². The van der Waals surface area contributed by atoms with Crippen LogP contribution < -0.4 is 0 Å². The minimum atomic E-state index is -0.483. The fourth-order valence-corrected chi connectivity index (χ4v) is 2.07. The first-order valence-corrected chi connectivity index (χ1v) is 7.02. The van der Waals surface area contributed by atoms with Crippen molar-refractivity contribution >= 4 is 11.7 Å². The highest BCUT2D eigenvalue weighted by molar-refractivity contribution is 5.78. The summed E-state index contributed by atoms with van der Waals surface area (Å²) >= 11 is 0. The van der Waals surface area contributed by atoms with Gasteiger partial charge in [-0.2, -0.15) is 0 Å². The number of azide groups is 1. The molecule has 0 N–H and O–H groups in total. The highest BCUT2D eigenvalue weighted by Gasteiger charge is 2.22. The number of nitrogens with zero attached hydrogens (tertiary/aromatic N) is 4. The zero-order valence-electron chi connectivity index (χ0n) is 12.3. The van der Waals surface area contributed by atoms with Gasteiger partial charge in [-0.1, -0.05) is 23.7 Å². The molecule has 0 heterocycles. The predicted octanol–water partition coefficient (Wildman–Crippen LogP) is 3.72. The van der Waals surface area contributed by atoms with Crippen LogP contribution in [0.2, 0.25) is 0 Å². The molecule has 0 aliphatic heterocycles. The number of rotatable bonds is 9. The van der Waals surface area contributed by atoms with Crippen LogP contribution in [0.25, 0.3) is 10.4 Å². The second kappa shape index (κ2) is 9.36. The van der Waals surface area contributed by atoms with E-state index >= 15 is 0 Å². The van der Waals surface area contributed by atoms with Crippen LogP contribution in [0.15, 0.2) is 29.4 Å². The number of hydrogen-bond donors (Lipinski definition) is 0. The molecule has 8 nitrogen and oxygen atoms in total. The summed E-state index contributed by atoms with van der Waals surface area (Å²) in [5.74, 6) is -0.813. The van der Waals surface area contributed by atoms with Crippen LogP contribution in [-0.4, -0.2) is 24.0 Å². The van der Waals surface area contributed by atoms with E-state index in [1.165, 1.54) is 12.1 Å². The van der Waals surface area contributed by atoms with Crippen molar-refractivity contribution in [3.8, 4) is 0 Å². The summed E-state index contributed by atoms with van der Waals surface area (Å²) in [5, 5.41) is 14.1.